The van der Waals surface area contributed by atoms with Crippen molar-refractivity contribution in [3.63, 3.8) is 0 Å². The highest BCUT2D eigenvalue weighted by molar-refractivity contribution is 9.10. The maximum atomic E-state index is 11.8. The van der Waals surface area contributed by atoms with Gasteiger partial charge in [0.25, 0.3) is 5.69 Å². The van der Waals surface area contributed by atoms with Crippen molar-refractivity contribution in [3.8, 4) is 0 Å². The van der Waals surface area contributed by atoms with E-state index < -0.39 is 17.7 Å². The summed E-state index contributed by atoms with van der Waals surface area (Å²) in [6, 6.07) is 1.24. The van der Waals surface area contributed by atoms with Crippen LogP contribution in [0.15, 0.2) is 16.7 Å². The molecule has 0 bridgehead atoms. The molecule has 1 aromatic heterocycles. The van der Waals surface area contributed by atoms with E-state index in [1.165, 1.54) is 6.07 Å². The van der Waals surface area contributed by atoms with Gasteiger partial charge in [-0.05, 0) is 15.9 Å². The summed E-state index contributed by atoms with van der Waals surface area (Å²) < 4.78 is 40.0. The van der Waals surface area contributed by atoms with Crippen LogP contribution in [0.2, 0.25) is 0 Å². The van der Waals surface area contributed by atoms with E-state index in [0.717, 1.165) is 6.20 Å². The van der Waals surface area contributed by atoms with E-state index in [4.69, 9.17) is 0 Å². The normalized spacial score (nSPS) is 11.4. The van der Waals surface area contributed by atoms with Gasteiger partial charge in [0.2, 0.25) is 0 Å². The van der Waals surface area contributed by atoms with Gasteiger partial charge in [-0.2, -0.15) is 13.2 Å². The number of hydrogen-bond donors (Lipinski definition) is 1. The fourth-order valence-corrected chi connectivity index (χ4v) is 1.56. The SMILES string of the molecule is O=[N+]([O-])c1cnc(NCCOCC(F)(F)F)c(Br)c1. The Kier molecular flexibility index (Phi) is 5.48. The largest absolute Gasteiger partial charge is 0.411 e. The highest BCUT2D eigenvalue weighted by atomic mass is 79.9. The lowest BCUT2D eigenvalue weighted by molar-refractivity contribution is -0.385. The van der Waals surface area contributed by atoms with Crippen LogP contribution in [-0.2, 0) is 4.74 Å². The van der Waals surface area contributed by atoms with Gasteiger partial charge in [0.05, 0.1) is 16.0 Å². The Labute approximate surface area is 114 Å². The Hall–Kier alpha value is -1.42. The van der Waals surface area contributed by atoms with Crippen molar-refractivity contribution in [2.75, 3.05) is 25.1 Å². The Bertz CT molecular complexity index is 456. The maximum absolute atomic E-state index is 11.8. The molecule has 19 heavy (non-hydrogen) atoms. The van der Waals surface area contributed by atoms with Gasteiger partial charge in [-0.25, -0.2) is 4.98 Å². The summed E-state index contributed by atoms with van der Waals surface area (Å²) in [6.45, 7) is -1.38. The molecule has 6 nitrogen and oxygen atoms in total. The fourth-order valence-electron chi connectivity index (χ4n) is 1.09. The first-order valence-electron chi connectivity index (χ1n) is 4.98. The van der Waals surface area contributed by atoms with Crippen molar-refractivity contribution in [1.29, 1.82) is 0 Å². The van der Waals surface area contributed by atoms with Crippen molar-refractivity contribution in [2.45, 2.75) is 6.18 Å². The van der Waals surface area contributed by atoms with Gasteiger partial charge in [-0.1, -0.05) is 0 Å². The first-order chi connectivity index (χ1) is 8.79. The summed E-state index contributed by atoms with van der Waals surface area (Å²) in [5.41, 5.74) is -0.189. The van der Waals surface area contributed by atoms with E-state index in [1.54, 1.807) is 0 Å². The molecular formula is C9H9BrF3N3O3. The fraction of sp³-hybridized carbons (Fsp3) is 0.444. The summed E-state index contributed by atoms with van der Waals surface area (Å²) in [5.74, 6) is 0.293. The van der Waals surface area contributed by atoms with E-state index in [2.05, 4.69) is 31.0 Å². The van der Waals surface area contributed by atoms with Crippen LogP contribution in [0.4, 0.5) is 24.7 Å². The van der Waals surface area contributed by atoms with E-state index in [1.807, 2.05) is 0 Å². The van der Waals surface area contributed by atoms with Crippen molar-refractivity contribution < 1.29 is 22.8 Å². The van der Waals surface area contributed by atoms with Crippen LogP contribution < -0.4 is 5.32 Å². The summed E-state index contributed by atoms with van der Waals surface area (Å²) in [4.78, 5) is 13.6. The van der Waals surface area contributed by atoms with Gasteiger partial charge in [0.1, 0.15) is 18.6 Å². The minimum atomic E-state index is -4.35. The number of hydrogen-bond acceptors (Lipinski definition) is 5. The average Bonchev–Trinajstić information content (AvgIpc) is 2.28. The summed E-state index contributed by atoms with van der Waals surface area (Å²) in [6.07, 6.45) is -3.31. The second kappa shape index (κ2) is 6.66. The zero-order valence-corrected chi connectivity index (χ0v) is 11.0. The van der Waals surface area contributed by atoms with Crippen molar-refractivity contribution in [2.24, 2.45) is 0 Å². The highest BCUT2D eigenvalue weighted by Crippen LogP contribution is 2.24. The number of nitrogens with zero attached hydrogens (tertiary/aromatic N) is 2. The Balaban J connectivity index is 2.40. The molecule has 1 heterocycles. The molecule has 1 rings (SSSR count). The van der Waals surface area contributed by atoms with Crippen LogP contribution in [0.3, 0.4) is 0 Å². The minimum Gasteiger partial charge on any atom is -0.370 e. The van der Waals surface area contributed by atoms with Crippen LogP contribution in [0.25, 0.3) is 0 Å². The number of pyridine rings is 1. The lowest BCUT2D eigenvalue weighted by Gasteiger charge is -2.09. The quantitative estimate of drug-likeness (QED) is 0.488. The zero-order chi connectivity index (χ0) is 14.5. The molecule has 0 radical (unpaired) electrons. The Morgan fingerprint density at radius 1 is 1.53 bits per heavy atom. The van der Waals surface area contributed by atoms with Gasteiger partial charge < -0.3 is 10.1 Å². The number of rotatable bonds is 6. The topological polar surface area (TPSA) is 77.3 Å². The lowest BCUT2D eigenvalue weighted by Crippen LogP contribution is -2.20. The monoisotopic (exact) mass is 343 g/mol. The Morgan fingerprint density at radius 2 is 2.21 bits per heavy atom. The van der Waals surface area contributed by atoms with Crippen molar-refractivity contribution in [1.82, 2.24) is 4.98 Å². The van der Waals surface area contributed by atoms with E-state index in [9.17, 15) is 23.3 Å². The van der Waals surface area contributed by atoms with E-state index >= 15 is 0 Å². The first kappa shape index (κ1) is 15.6. The van der Waals surface area contributed by atoms with Crippen LogP contribution in [0.5, 0.6) is 0 Å². The Morgan fingerprint density at radius 3 is 2.74 bits per heavy atom. The molecule has 10 heteroatoms. The lowest BCUT2D eigenvalue weighted by atomic mass is 10.4. The number of nitro groups is 1. The summed E-state index contributed by atoms with van der Waals surface area (Å²) >= 11 is 3.07. The third kappa shape index (κ3) is 5.83. The number of alkyl halides is 3. The van der Waals surface area contributed by atoms with Crippen LogP contribution in [0.1, 0.15) is 0 Å². The molecule has 0 amide bonds. The molecule has 0 saturated carbocycles. The molecule has 0 saturated heterocycles. The number of aromatic nitrogens is 1. The van der Waals surface area contributed by atoms with Gasteiger partial charge in [-0.3, -0.25) is 10.1 Å². The number of nitrogens with one attached hydrogen (secondary N) is 1. The number of ether oxygens (including phenoxy) is 1. The predicted molar refractivity (Wildman–Crippen MR) is 64.0 cm³/mol. The van der Waals surface area contributed by atoms with Crippen molar-refractivity contribution >= 4 is 27.4 Å². The molecular weight excluding hydrogens is 335 g/mol. The molecule has 0 atom stereocenters. The molecule has 0 aliphatic carbocycles. The minimum absolute atomic E-state index is 0.0967. The van der Waals surface area contributed by atoms with Gasteiger partial charge in [0, 0.05) is 12.6 Å². The van der Waals surface area contributed by atoms with Gasteiger partial charge >= 0.3 is 6.18 Å². The maximum Gasteiger partial charge on any atom is 0.411 e. The van der Waals surface area contributed by atoms with Crippen LogP contribution in [0, 0.1) is 10.1 Å². The van der Waals surface area contributed by atoms with Crippen molar-refractivity contribution in [3.05, 3.63) is 26.9 Å². The third-order valence-electron chi connectivity index (χ3n) is 1.84. The molecule has 0 aliphatic heterocycles. The zero-order valence-electron chi connectivity index (χ0n) is 9.41. The smallest absolute Gasteiger partial charge is 0.370 e. The number of anilines is 1. The molecule has 0 fully saturated rings. The highest BCUT2D eigenvalue weighted by Gasteiger charge is 2.27. The first-order valence-corrected chi connectivity index (χ1v) is 5.77. The van der Waals surface area contributed by atoms with E-state index in [0.29, 0.717) is 10.3 Å². The molecule has 0 unspecified atom stereocenters. The van der Waals surface area contributed by atoms with Gasteiger partial charge in [0.15, 0.2) is 0 Å². The summed E-state index contributed by atoms with van der Waals surface area (Å²) in [7, 11) is 0. The molecule has 1 N–H and O–H groups in total. The van der Waals surface area contributed by atoms with E-state index in [-0.39, 0.29) is 18.8 Å². The molecule has 1 aromatic rings. The summed E-state index contributed by atoms with van der Waals surface area (Å²) in [5, 5.41) is 13.1. The predicted octanol–water partition coefficient (Wildman–Crippen LogP) is 2.74. The van der Waals surface area contributed by atoms with Crippen LogP contribution >= 0.6 is 15.9 Å². The van der Waals surface area contributed by atoms with Gasteiger partial charge in [-0.15, -0.1) is 0 Å². The second-order valence-corrected chi connectivity index (χ2v) is 4.23. The molecule has 0 spiro atoms. The van der Waals surface area contributed by atoms with Crippen LogP contribution in [-0.4, -0.2) is 35.8 Å². The molecule has 0 aromatic carbocycles. The number of halogens is 4. The molecule has 0 aliphatic rings. The third-order valence-corrected chi connectivity index (χ3v) is 2.45. The molecule has 106 valence electrons. The second-order valence-electron chi connectivity index (χ2n) is 3.38. The standard InChI is InChI=1S/C9H9BrF3N3O3/c10-7-3-6(16(17)18)4-15-8(7)14-1-2-19-5-9(11,12)13/h3-4H,1-2,5H2,(H,14,15). The average molecular weight is 344 g/mol.